The highest BCUT2D eigenvalue weighted by Crippen LogP contribution is 2.25. The number of carbonyl (C=O) groups excluding carboxylic acids is 2. The fraction of sp³-hybridized carbons (Fsp3) is 0.467. The average molecular weight is 339 g/mol. The molecule has 2 amide bonds. The number of primary amides is 1. The van der Waals surface area contributed by atoms with Gasteiger partial charge in [-0.25, -0.2) is 8.42 Å². The number of amides is 2. The van der Waals surface area contributed by atoms with Crippen molar-refractivity contribution in [2.24, 2.45) is 11.7 Å². The fourth-order valence-electron chi connectivity index (χ4n) is 2.67. The van der Waals surface area contributed by atoms with Crippen LogP contribution in [0.2, 0.25) is 0 Å². The molecule has 126 valence electrons. The molecular weight excluding hydrogens is 318 g/mol. The zero-order valence-corrected chi connectivity index (χ0v) is 14.0. The van der Waals surface area contributed by atoms with Crippen molar-refractivity contribution in [3.8, 4) is 0 Å². The van der Waals surface area contributed by atoms with Crippen LogP contribution in [0.5, 0.6) is 0 Å². The highest BCUT2D eigenvalue weighted by molar-refractivity contribution is 7.89. The van der Waals surface area contributed by atoms with Crippen LogP contribution in [-0.2, 0) is 14.8 Å². The molecule has 23 heavy (non-hydrogen) atoms. The summed E-state index contributed by atoms with van der Waals surface area (Å²) in [6.07, 6.45) is 0.839. The van der Waals surface area contributed by atoms with E-state index in [-0.39, 0.29) is 35.7 Å². The van der Waals surface area contributed by atoms with Crippen molar-refractivity contribution < 1.29 is 18.0 Å². The molecule has 8 heteroatoms. The Kier molecular flexibility index (Phi) is 5.06. The molecule has 0 radical (unpaired) electrons. The third-order valence-electron chi connectivity index (χ3n) is 4.17. The van der Waals surface area contributed by atoms with Gasteiger partial charge in [0.1, 0.15) is 0 Å². The van der Waals surface area contributed by atoms with E-state index in [9.17, 15) is 18.0 Å². The second-order valence-electron chi connectivity index (χ2n) is 5.64. The van der Waals surface area contributed by atoms with Gasteiger partial charge in [-0.3, -0.25) is 9.59 Å². The molecule has 7 nitrogen and oxygen atoms in total. The number of benzene rings is 1. The van der Waals surface area contributed by atoms with Crippen LogP contribution in [0.1, 0.15) is 28.8 Å². The Hall–Kier alpha value is -1.93. The minimum Gasteiger partial charge on any atom is -0.369 e. The molecule has 1 aromatic rings. The molecule has 3 N–H and O–H groups in total. The molecule has 1 aliphatic rings. The van der Waals surface area contributed by atoms with E-state index in [4.69, 9.17) is 5.73 Å². The molecule has 2 rings (SSSR count). The van der Waals surface area contributed by atoms with Gasteiger partial charge in [0.2, 0.25) is 15.9 Å². The maximum Gasteiger partial charge on any atom is 0.251 e. The van der Waals surface area contributed by atoms with E-state index in [0.717, 1.165) is 0 Å². The van der Waals surface area contributed by atoms with Gasteiger partial charge in [-0.2, -0.15) is 4.31 Å². The SMILES string of the molecule is CNC(=O)c1cc(S(=O)(=O)N2CCC(C(N)=O)CC2)ccc1C. The van der Waals surface area contributed by atoms with Crippen LogP contribution in [0, 0.1) is 12.8 Å². The van der Waals surface area contributed by atoms with E-state index >= 15 is 0 Å². The summed E-state index contributed by atoms with van der Waals surface area (Å²) in [5.74, 6) is -0.993. The van der Waals surface area contributed by atoms with Crippen LogP contribution in [0.25, 0.3) is 0 Å². The van der Waals surface area contributed by atoms with E-state index in [1.54, 1.807) is 13.0 Å². The number of hydrogen-bond acceptors (Lipinski definition) is 4. The van der Waals surface area contributed by atoms with E-state index in [2.05, 4.69) is 5.32 Å². The summed E-state index contributed by atoms with van der Waals surface area (Å²) in [6.45, 7) is 2.25. The van der Waals surface area contributed by atoms with E-state index in [0.29, 0.717) is 24.0 Å². The molecule has 1 heterocycles. The molecule has 0 unspecified atom stereocenters. The summed E-state index contributed by atoms with van der Waals surface area (Å²) in [5, 5.41) is 2.50. The van der Waals surface area contributed by atoms with Crippen LogP contribution in [0.4, 0.5) is 0 Å². The molecular formula is C15H21N3O4S. The van der Waals surface area contributed by atoms with Crippen LogP contribution in [-0.4, -0.2) is 44.7 Å². The highest BCUT2D eigenvalue weighted by Gasteiger charge is 2.31. The predicted molar refractivity (Wildman–Crippen MR) is 85.2 cm³/mol. The van der Waals surface area contributed by atoms with Gasteiger partial charge in [0.05, 0.1) is 4.90 Å². The van der Waals surface area contributed by atoms with E-state index in [1.165, 1.54) is 23.5 Å². The smallest absolute Gasteiger partial charge is 0.251 e. The Morgan fingerprint density at radius 3 is 2.39 bits per heavy atom. The topological polar surface area (TPSA) is 110 Å². The highest BCUT2D eigenvalue weighted by atomic mass is 32.2. The van der Waals surface area contributed by atoms with Crippen molar-refractivity contribution in [3.63, 3.8) is 0 Å². The van der Waals surface area contributed by atoms with Crippen molar-refractivity contribution in [1.29, 1.82) is 0 Å². The maximum absolute atomic E-state index is 12.7. The van der Waals surface area contributed by atoms with Gasteiger partial charge in [0.15, 0.2) is 0 Å². The molecule has 0 spiro atoms. The van der Waals surface area contributed by atoms with Gasteiger partial charge in [-0.15, -0.1) is 0 Å². The second kappa shape index (κ2) is 6.67. The first-order valence-electron chi connectivity index (χ1n) is 7.39. The van der Waals surface area contributed by atoms with Gasteiger partial charge in [-0.05, 0) is 37.5 Å². The largest absolute Gasteiger partial charge is 0.369 e. The average Bonchev–Trinajstić information content (AvgIpc) is 2.54. The molecule has 1 aliphatic heterocycles. The number of nitrogens with zero attached hydrogens (tertiary/aromatic N) is 1. The Balaban J connectivity index is 2.27. The molecule has 0 aliphatic carbocycles. The number of rotatable bonds is 4. The summed E-state index contributed by atoms with van der Waals surface area (Å²) in [4.78, 5) is 23.1. The first-order valence-corrected chi connectivity index (χ1v) is 8.83. The summed E-state index contributed by atoms with van der Waals surface area (Å²) < 4.78 is 26.8. The van der Waals surface area contributed by atoms with Crippen molar-refractivity contribution >= 4 is 21.8 Å². The zero-order chi connectivity index (χ0) is 17.2. The first-order chi connectivity index (χ1) is 10.8. The summed E-state index contributed by atoms with van der Waals surface area (Å²) in [5.41, 5.74) is 6.30. The van der Waals surface area contributed by atoms with Gasteiger partial charge in [0.25, 0.3) is 5.91 Å². The number of hydrogen-bond donors (Lipinski definition) is 2. The quantitative estimate of drug-likeness (QED) is 0.819. The summed E-state index contributed by atoms with van der Waals surface area (Å²) in [7, 11) is -2.19. The lowest BCUT2D eigenvalue weighted by atomic mass is 9.98. The number of piperidine rings is 1. The monoisotopic (exact) mass is 339 g/mol. The lowest BCUT2D eigenvalue weighted by molar-refractivity contribution is -0.122. The number of nitrogens with one attached hydrogen (secondary N) is 1. The lowest BCUT2D eigenvalue weighted by Gasteiger charge is -2.29. The molecule has 0 aromatic heterocycles. The Morgan fingerprint density at radius 1 is 1.26 bits per heavy atom. The van der Waals surface area contributed by atoms with Gasteiger partial charge < -0.3 is 11.1 Å². The molecule has 1 aromatic carbocycles. The summed E-state index contributed by atoms with van der Waals surface area (Å²) >= 11 is 0. The lowest BCUT2D eigenvalue weighted by Crippen LogP contribution is -2.41. The second-order valence-corrected chi connectivity index (χ2v) is 7.57. The maximum atomic E-state index is 12.7. The van der Waals surface area contributed by atoms with Gasteiger partial charge in [-0.1, -0.05) is 6.07 Å². The Morgan fingerprint density at radius 2 is 1.87 bits per heavy atom. The number of carbonyl (C=O) groups is 2. The standard InChI is InChI=1S/C15H21N3O4S/c1-10-3-4-12(9-13(10)15(20)17-2)23(21,22)18-7-5-11(6-8-18)14(16)19/h3-4,9,11H,5-8H2,1-2H3,(H2,16,19)(H,17,20). The molecule has 0 saturated carbocycles. The van der Waals surface area contributed by atoms with E-state index < -0.39 is 10.0 Å². The minimum absolute atomic E-state index is 0.0826. The van der Waals surface area contributed by atoms with Crippen LogP contribution in [0.15, 0.2) is 23.1 Å². The van der Waals surface area contributed by atoms with Crippen LogP contribution in [0.3, 0.4) is 0 Å². The Labute approximate surface area is 135 Å². The zero-order valence-electron chi connectivity index (χ0n) is 13.2. The van der Waals surface area contributed by atoms with Gasteiger partial charge in [0, 0.05) is 31.6 Å². The molecule has 0 bridgehead atoms. The number of nitrogens with two attached hydrogens (primary N) is 1. The predicted octanol–water partition coefficient (Wildman–Crippen LogP) is 0.241. The van der Waals surface area contributed by atoms with Gasteiger partial charge >= 0.3 is 0 Å². The van der Waals surface area contributed by atoms with Crippen molar-refractivity contribution in [2.75, 3.05) is 20.1 Å². The normalized spacial score (nSPS) is 17.0. The van der Waals surface area contributed by atoms with Crippen molar-refractivity contribution in [3.05, 3.63) is 29.3 Å². The van der Waals surface area contributed by atoms with Crippen LogP contribution < -0.4 is 11.1 Å². The van der Waals surface area contributed by atoms with Crippen molar-refractivity contribution in [2.45, 2.75) is 24.7 Å². The molecule has 1 saturated heterocycles. The molecule has 0 atom stereocenters. The van der Waals surface area contributed by atoms with Crippen LogP contribution >= 0.6 is 0 Å². The number of aryl methyl sites for hydroxylation is 1. The first kappa shape index (κ1) is 17.4. The fourth-order valence-corrected chi connectivity index (χ4v) is 4.17. The Bertz CT molecular complexity index is 722. The summed E-state index contributed by atoms with van der Waals surface area (Å²) in [6, 6.07) is 4.51. The van der Waals surface area contributed by atoms with Crippen molar-refractivity contribution in [1.82, 2.24) is 9.62 Å². The third kappa shape index (κ3) is 3.53. The van der Waals surface area contributed by atoms with E-state index in [1.807, 2.05) is 0 Å². The number of sulfonamides is 1. The third-order valence-corrected chi connectivity index (χ3v) is 6.07. The minimum atomic E-state index is -3.69. The molecule has 1 fully saturated rings.